The van der Waals surface area contributed by atoms with E-state index in [2.05, 4.69) is 51.0 Å². The Morgan fingerprint density at radius 1 is 1.05 bits per heavy atom. The Kier molecular flexibility index (Phi) is 4.25. The van der Waals surface area contributed by atoms with E-state index in [-0.39, 0.29) is 0 Å². The average Bonchev–Trinajstić information content (AvgIpc) is 2.55. The first-order valence-electron chi connectivity index (χ1n) is 7.20. The lowest BCUT2D eigenvalue weighted by atomic mass is 10.2. The van der Waals surface area contributed by atoms with Gasteiger partial charge in [0.25, 0.3) is 0 Å². The van der Waals surface area contributed by atoms with Crippen LogP contribution in [0.4, 0.5) is 11.5 Å². The van der Waals surface area contributed by atoms with Gasteiger partial charge in [0.15, 0.2) is 0 Å². The first kappa shape index (κ1) is 14.1. The van der Waals surface area contributed by atoms with E-state index >= 15 is 0 Å². The molecule has 5 heteroatoms. The highest BCUT2D eigenvalue weighted by Gasteiger charge is 2.18. The van der Waals surface area contributed by atoms with Gasteiger partial charge in [-0.2, -0.15) is 0 Å². The molecular formula is C16H19ClN4. The van der Waals surface area contributed by atoms with Gasteiger partial charge < -0.3 is 9.80 Å². The van der Waals surface area contributed by atoms with Crippen molar-refractivity contribution in [3.8, 4) is 0 Å². The third kappa shape index (κ3) is 3.27. The highest BCUT2D eigenvalue weighted by Crippen LogP contribution is 2.19. The van der Waals surface area contributed by atoms with Crippen LogP contribution in [0.3, 0.4) is 0 Å². The van der Waals surface area contributed by atoms with E-state index in [0.29, 0.717) is 5.88 Å². The molecule has 1 aliphatic heterocycles. The SMILES string of the molecule is Cc1cccc(N2CCN(c3cnc(CCl)cn3)CC2)c1. The van der Waals surface area contributed by atoms with Crippen molar-refractivity contribution < 1.29 is 0 Å². The topological polar surface area (TPSA) is 32.3 Å². The highest BCUT2D eigenvalue weighted by molar-refractivity contribution is 6.16. The summed E-state index contributed by atoms with van der Waals surface area (Å²) >= 11 is 5.74. The summed E-state index contributed by atoms with van der Waals surface area (Å²) in [4.78, 5) is 13.5. The van der Waals surface area contributed by atoms with Crippen LogP contribution in [0, 0.1) is 6.92 Å². The van der Waals surface area contributed by atoms with Crippen molar-refractivity contribution in [3.63, 3.8) is 0 Å². The lowest BCUT2D eigenvalue weighted by Gasteiger charge is -2.36. The predicted molar refractivity (Wildman–Crippen MR) is 87.2 cm³/mol. The monoisotopic (exact) mass is 302 g/mol. The number of aromatic nitrogens is 2. The molecule has 1 saturated heterocycles. The summed E-state index contributed by atoms with van der Waals surface area (Å²) in [7, 11) is 0. The van der Waals surface area contributed by atoms with E-state index in [1.165, 1.54) is 11.3 Å². The van der Waals surface area contributed by atoms with Crippen LogP contribution < -0.4 is 9.80 Å². The van der Waals surface area contributed by atoms with E-state index < -0.39 is 0 Å². The fourth-order valence-electron chi connectivity index (χ4n) is 2.60. The van der Waals surface area contributed by atoms with Crippen molar-refractivity contribution in [3.05, 3.63) is 47.9 Å². The summed E-state index contributed by atoms with van der Waals surface area (Å²) in [5.41, 5.74) is 3.43. The van der Waals surface area contributed by atoms with Gasteiger partial charge in [-0.15, -0.1) is 11.6 Å². The summed E-state index contributed by atoms with van der Waals surface area (Å²) in [6.45, 7) is 6.06. The van der Waals surface area contributed by atoms with Gasteiger partial charge in [-0.05, 0) is 24.6 Å². The summed E-state index contributed by atoms with van der Waals surface area (Å²) in [5, 5.41) is 0. The molecule has 1 aromatic heterocycles. The van der Waals surface area contributed by atoms with Gasteiger partial charge in [-0.3, -0.25) is 4.98 Å². The van der Waals surface area contributed by atoms with Gasteiger partial charge in [-0.25, -0.2) is 4.98 Å². The molecule has 0 radical (unpaired) electrons. The van der Waals surface area contributed by atoms with Crippen LogP contribution in [0.5, 0.6) is 0 Å². The van der Waals surface area contributed by atoms with Crippen LogP contribution in [-0.4, -0.2) is 36.1 Å². The second kappa shape index (κ2) is 6.31. The molecule has 21 heavy (non-hydrogen) atoms. The molecule has 3 rings (SSSR count). The second-order valence-corrected chi connectivity index (χ2v) is 5.58. The Balaban J connectivity index is 1.64. The fourth-order valence-corrected chi connectivity index (χ4v) is 2.74. The predicted octanol–water partition coefficient (Wildman–Crippen LogP) is 2.85. The van der Waals surface area contributed by atoms with Crippen molar-refractivity contribution in [2.24, 2.45) is 0 Å². The summed E-state index contributed by atoms with van der Waals surface area (Å²) in [6.07, 6.45) is 3.58. The van der Waals surface area contributed by atoms with Crippen molar-refractivity contribution >= 4 is 23.1 Å². The van der Waals surface area contributed by atoms with Gasteiger partial charge >= 0.3 is 0 Å². The number of nitrogens with zero attached hydrogens (tertiary/aromatic N) is 4. The van der Waals surface area contributed by atoms with Gasteiger partial charge in [0.2, 0.25) is 0 Å². The number of alkyl halides is 1. The summed E-state index contributed by atoms with van der Waals surface area (Å²) in [5.74, 6) is 1.35. The van der Waals surface area contributed by atoms with Crippen LogP contribution in [-0.2, 0) is 5.88 Å². The number of hydrogen-bond acceptors (Lipinski definition) is 4. The first-order valence-corrected chi connectivity index (χ1v) is 7.73. The van der Waals surface area contributed by atoms with Gasteiger partial charge in [-0.1, -0.05) is 12.1 Å². The Labute approximate surface area is 130 Å². The summed E-state index contributed by atoms with van der Waals surface area (Å²) in [6, 6.07) is 8.67. The standard InChI is InChI=1S/C16H19ClN4/c1-13-3-2-4-15(9-13)20-5-7-21(8-6-20)16-12-18-14(10-17)11-19-16/h2-4,9,11-12H,5-8,10H2,1H3. The molecule has 0 N–H and O–H groups in total. The Morgan fingerprint density at radius 2 is 1.81 bits per heavy atom. The number of aryl methyl sites for hydroxylation is 1. The van der Waals surface area contributed by atoms with Gasteiger partial charge in [0, 0.05) is 31.9 Å². The van der Waals surface area contributed by atoms with Crippen molar-refractivity contribution in [2.75, 3.05) is 36.0 Å². The molecule has 0 unspecified atom stereocenters. The Hall–Kier alpha value is -1.81. The van der Waals surface area contributed by atoms with E-state index in [1.807, 2.05) is 6.20 Å². The molecule has 0 spiro atoms. The number of piperazine rings is 1. The van der Waals surface area contributed by atoms with Crippen LogP contribution in [0.15, 0.2) is 36.7 Å². The zero-order valence-corrected chi connectivity index (χ0v) is 12.9. The molecule has 1 fully saturated rings. The molecule has 110 valence electrons. The highest BCUT2D eigenvalue weighted by atomic mass is 35.5. The maximum Gasteiger partial charge on any atom is 0.147 e. The van der Waals surface area contributed by atoms with Crippen molar-refractivity contribution in [1.29, 1.82) is 0 Å². The van der Waals surface area contributed by atoms with Gasteiger partial charge in [0.1, 0.15) is 5.82 Å². The third-order valence-corrected chi connectivity index (χ3v) is 4.07. The minimum atomic E-state index is 0.411. The minimum absolute atomic E-state index is 0.411. The van der Waals surface area contributed by atoms with Crippen molar-refractivity contribution in [1.82, 2.24) is 9.97 Å². The number of hydrogen-bond donors (Lipinski definition) is 0. The molecular weight excluding hydrogens is 284 g/mol. The minimum Gasteiger partial charge on any atom is -0.368 e. The molecule has 4 nitrogen and oxygen atoms in total. The normalized spacial score (nSPS) is 15.3. The smallest absolute Gasteiger partial charge is 0.147 e. The quantitative estimate of drug-likeness (QED) is 0.816. The maximum atomic E-state index is 5.74. The van der Waals surface area contributed by atoms with E-state index in [0.717, 1.165) is 37.7 Å². The van der Waals surface area contributed by atoms with Crippen LogP contribution >= 0.6 is 11.6 Å². The Bertz CT molecular complexity index is 591. The lowest BCUT2D eigenvalue weighted by molar-refractivity contribution is 0.646. The lowest BCUT2D eigenvalue weighted by Crippen LogP contribution is -2.46. The zero-order chi connectivity index (χ0) is 14.7. The molecule has 0 aliphatic carbocycles. The average molecular weight is 303 g/mol. The Morgan fingerprint density at radius 3 is 2.43 bits per heavy atom. The molecule has 0 saturated carbocycles. The van der Waals surface area contributed by atoms with Crippen LogP contribution in [0.2, 0.25) is 0 Å². The largest absolute Gasteiger partial charge is 0.368 e. The van der Waals surface area contributed by atoms with Crippen molar-refractivity contribution in [2.45, 2.75) is 12.8 Å². The summed E-state index contributed by atoms with van der Waals surface area (Å²) < 4.78 is 0. The molecule has 2 heterocycles. The fraction of sp³-hybridized carbons (Fsp3) is 0.375. The molecule has 1 aromatic carbocycles. The van der Waals surface area contributed by atoms with E-state index in [9.17, 15) is 0 Å². The number of rotatable bonds is 3. The molecule has 0 amide bonds. The zero-order valence-electron chi connectivity index (χ0n) is 12.2. The number of halogens is 1. The number of benzene rings is 1. The molecule has 0 bridgehead atoms. The van der Waals surface area contributed by atoms with E-state index in [1.54, 1.807) is 6.20 Å². The second-order valence-electron chi connectivity index (χ2n) is 5.31. The molecule has 1 aliphatic rings. The maximum absolute atomic E-state index is 5.74. The van der Waals surface area contributed by atoms with Crippen LogP contribution in [0.1, 0.15) is 11.3 Å². The third-order valence-electron chi connectivity index (χ3n) is 3.80. The first-order chi connectivity index (χ1) is 10.3. The number of anilines is 2. The molecule has 0 atom stereocenters. The van der Waals surface area contributed by atoms with Crippen LogP contribution in [0.25, 0.3) is 0 Å². The van der Waals surface area contributed by atoms with E-state index in [4.69, 9.17) is 11.6 Å². The van der Waals surface area contributed by atoms with Gasteiger partial charge in [0.05, 0.1) is 24.0 Å². The molecule has 2 aromatic rings.